The minimum atomic E-state index is -0.400. The number of phenols is 1. The van der Waals surface area contributed by atoms with Gasteiger partial charge >= 0.3 is 0 Å². The molecule has 0 radical (unpaired) electrons. The Morgan fingerprint density at radius 3 is 2.12 bits per heavy atom. The molecule has 0 aliphatic heterocycles. The lowest BCUT2D eigenvalue weighted by atomic mass is 10.00. The zero-order valence-electron chi connectivity index (χ0n) is 14.4. The van der Waals surface area contributed by atoms with Crippen molar-refractivity contribution in [1.29, 1.82) is 0 Å². The molecular weight excluding hydrogens is 326 g/mol. The van der Waals surface area contributed by atoms with Gasteiger partial charge in [-0.05, 0) is 24.3 Å². The molecule has 1 amide bonds. The Kier molecular flexibility index (Phi) is 5.49. The Morgan fingerprint density at radius 1 is 0.920 bits per heavy atom. The molecule has 2 N–H and O–H groups in total. The number of phenolic OH excluding ortho intramolecular Hbond substituents is 1. The molecule has 0 spiro atoms. The van der Waals surface area contributed by atoms with Gasteiger partial charge < -0.3 is 24.6 Å². The molecule has 0 atom stereocenters. The van der Waals surface area contributed by atoms with Crippen LogP contribution >= 0.6 is 0 Å². The molecule has 0 aliphatic rings. The van der Waals surface area contributed by atoms with Crippen LogP contribution in [0.5, 0.6) is 23.0 Å². The zero-order valence-corrected chi connectivity index (χ0v) is 14.4. The molecule has 25 heavy (non-hydrogen) atoms. The van der Waals surface area contributed by atoms with Crippen molar-refractivity contribution >= 4 is 17.4 Å². The maximum atomic E-state index is 12.9. The molecule has 7 heteroatoms. The van der Waals surface area contributed by atoms with Crippen LogP contribution in [0.3, 0.4) is 0 Å². The molecule has 0 aromatic heterocycles. The van der Waals surface area contributed by atoms with Crippen molar-refractivity contribution in [2.45, 2.75) is 6.92 Å². The third-order valence-corrected chi connectivity index (χ3v) is 3.52. The average molecular weight is 345 g/mol. The Labute approximate surface area is 145 Å². The number of benzene rings is 2. The molecular formula is C18H19NO6. The van der Waals surface area contributed by atoms with Gasteiger partial charge in [0.05, 0.1) is 32.6 Å². The Morgan fingerprint density at radius 2 is 1.56 bits per heavy atom. The van der Waals surface area contributed by atoms with Crippen molar-refractivity contribution in [3.8, 4) is 23.0 Å². The summed E-state index contributed by atoms with van der Waals surface area (Å²) >= 11 is 0. The molecule has 0 aliphatic carbocycles. The number of aromatic hydroxyl groups is 1. The van der Waals surface area contributed by atoms with Gasteiger partial charge in [-0.1, -0.05) is 0 Å². The first-order valence-electron chi connectivity index (χ1n) is 7.36. The van der Waals surface area contributed by atoms with Crippen molar-refractivity contribution in [3.05, 3.63) is 41.5 Å². The number of carbonyl (C=O) groups is 2. The molecule has 0 heterocycles. The molecule has 2 rings (SSSR count). The molecule has 0 unspecified atom stereocenters. The molecule has 132 valence electrons. The summed E-state index contributed by atoms with van der Waals surface area (Å²) in [7, 11) is 4.34. The first kappa shape index (κ1) is 18.1. The number of rotatable bonds is 6. The largest absolute Gasteiger partial charge is 0.504 e. The van der Waals surface area contributed by atoms with Gasteiger partial charge in [-0.15, -0.1) is 0 Å². The van der Waals surface area contributed by atoms with E-state index >= 15 is 0 Å². The van der Waals surface area contributed by atoms with E-state index in [0.717, 1.165) is 0 Å². The van der Waals surface area contributed by atoms with E-state index in [9.17, 15) is 14.7 Å². The Balaban J connectivity index is 2.54. The second-order valence-electron chi connectivity index (χ2n) is 5.15. The Hall–Kier alpha value is -3.22. The van der Waals surface area contributed by atoms with Crippen LogP contribution in [0.2, 0.25) is 0 Å². The van der Waals surface area contributed by atoms with Crippen LogP contribution in [0.1, 0.15) is 22.8 Å². The van der Waals surface area contributed by atoms with Gasteiger partial charge in [0.2, 0.25) is 5.91 Å². The lowest BCUT2D eigenvalue weighted by Gasteiger charge is -2.14. The van der Waals surface area contributed by atoms with Gasteiger partial charge in [-0.3, -0.25) is 9.59 Å². The summed E-state index contributed by atoms with van der Waals surface area (Å²) < 4.78 is 15.4. The van der Waals surface area contributed by atoms with Crippen LogP contribution in [0.15, 0.2) is 30.3 Å². The van der Waals surface area contributed by atoms with Gasteiger partial charge in [0, 0.05) is 18.6 Å². The summed E-state index contributed by atoms with van der Waals surface area (Å²) in [5, 5.41) is 12.6. The fourth-order valence-corrected chi connectivity index (χ4v) is 2.35. The molecule has 0 bridgehead atoms. The fourth-order valence-electron chi connectivity index (χ4n) is 2.35. The summed E-state index contributed by atoms with van der Waals surface area (Å²) in [6.45, 7) is 1.32. The molecule has 0 saturated carbocycles. The second-order valence-corrected chi connectivity index (χ2v) is 5.15. The van der Waals surface area contributed by atoms with E-state index in [4.69, 9.17) is 14.2 Å². The zero-order chi connectivity index (χ0) is 18.6. The second kappa shape index (κ2) is 7.57. The van der Waals surface area contributed by atoms with Crippen molar-refractivity contribution in [2.24, 2.45) is 0 Å². The number of ketones is 1. The van der Waals surface area contributed by atoms with Crippen LogP contribution < -0.4 is 19.5 Å². The number of methoxy groups -OCH3 is 3. The minimum absolute atomic E-state index is 0.126. The number of amides is 1. The number of hydrogen-bond donors (Lipinski definition) is 2. The maximum absolute atomic E-state index is 12.9. The van der Waals surface area contributed by atoms with Crippen molar-refractivity contribution in [3.63, 3.8) is 0 Å². The topological polar surface area (TPSA) is 94.1 Å². The molecule has 0 fully saturated rings. The summed E-state index contributed by atoms with van der Waals surface area (Å²) in [5.41, 5.74) is 0.677. The van der Waals surface area contributed by atoms with Crippen molar-refractivity contribution < 1.29 is 28.9 Å². The highest BCUT2D eigenvalue weighted by molar-refractivity contribution is 6.14. The lowest BCUT2D eigenvalue weighted by Crippen LogP contribution is -2.12. The smallest absolute Gasteiger partial charge is 0.221 e. The number of ether oxygens (including phenoxy) is 3. The van der Waals surface area contributed by atoms with E-state index in [1.807, 2.05) is 0 Å². The third-order valence-electron chi connectivity index (χ3n) is 3.52. The van der Waals surface area contributed by atoms with E-state index in [2.05, 4.69) is 5.32 Å². The molecule has 2 aromatic rings. The van der Waals surface area contributed by atoms with Gasteiger partial charge in [-0.25, -0.2) is 0 Å². The number of anilines is 1. The number of hydrogen-bond acceptors (Lipinski definition) is 6. The van der Waals surface area contributed by atoms with E-state index < -0.39 is 5.78 Å². The van der Waals surface area contributed by atoms with Gasteiger partial charge in [0.1, 0.15) is 0 Å². The van der Waals surface area contributed by atoms with Crippen LogP contribution in [-0.4, -0.2) is 38.1 Å². The van der Waals surface area contributed by atoms with Gasteiger partial charge in [0.15, 0.2) is 28.8 Å². The highest BCUT2D eigenvalue weighted by Gasteiger charge is 2.20. The third kappa shape index (κ3) is 3.82. The number of carbonyl (C=O) groups excluding carboxylic acids is 2. The summed E-state index contributed by atoms with van der Waals surface area (Å²) in [6.07, 6.45) is 0. The highest BCUT2D eigenvalue weighted by atomic mass is 16.5. The minimum Gasteiger partial charge on any atom is -0.504 e. The molecule has 2 aromatic carbocycles. The monoisotopic (exact) mass is 345 g/mol. The Bertz CT molecular complexity index is 815. The van der Waals surface area contributed by atoms with Crippen LogP contribution in [0.25, 0.3) is 0 Å². The standard InChI is InChI=1S/C18H19NO6/c1-10(20)19-13-9-16(24-3)14(21)8-12(13)18(22)11-5-6-15(23-2)17(7-11)25-4/h5-9,21H,1-4H3,(H,19,20). The van der Waals surface area contributed by atoms with Gasteiger partial charge in [0.25, 0.3) is 0 Å². The molecule has 7 nitrogen and oxygen atoms in total. The summed E-state index contributed by atoms with van der Waals surface area (Å²) in [5.74, 6) is 0.0654. The summed E-state index contributed by atoms with van der Waals surface area (Å²) in [6, 6.07) is 7.35. The van der Waals surface area contributed by atoms with E-state index in [-0.39, 0.29) is 28.7 Å². The predicted octanol–water partition coefficient (Wildman–Crippen LogP) is 2.61. The lowest BCUT2D eigenvalue weighted by molar-refractivity contribution is -0.114. The normalized spacial score (nSPS) is 10.1. The maximum Gasteiger partial charge on any atom is 0.221 e. The highest BCUT2D eigenvalue weighted by Crippen LogP contribution is 2.35. The number of nitrogens with one attached hydrogen (secondary N) is 1. The van der Waals surface area contributed by atoms with Crippen molar-refractivity contribution in [2.75, 3.05) is 26.6 Å². The van der Waals surface area contributed by atoms with Crippen LogP contribution in [0, 0.1) is 0 Å². The van der Waals surface area contributed by atoms with E-state index in [0.29, 0.717) is 17.1 Å². The SMILES string of the molecule is COc1cc(NC(C)=O)c(C(=O)c2ccc(OC)c(OC)c2)cc1O. The van der Waals surface area contributed by atoms with E-state index in [1.54, 1.807) is 12.1 Å². The average Bonchev–Trinajstić information content (AvgIpc) is 2.61. The first-order valence-corrected chi connectivity index (χ1v) is 7.36. The van der Waals surface area contributed by atoms with Crippen LogP contribution in [-0.2, 0) is 4.79 Å². The fraction of sp³-hybridized carbons (Fsp3) is 0.222. The summed E-state index contributed by atoms with van der Waals surface area (Å²) in [4.78, 5) is 24.3. The first-order chi connectivity index (χ1) is 11.9. The van der Waals surface area contributed by atoms with Crippen molar-refractivity contribution in [1.82, 2.24) is 0 Å². The van der Waals surface area contributed by atoms with Crippen LogP contribution in [0.4, 0.5) is 5.69 Å². The quantitative estimate of drug-likeness (QED) is 0.617. The molecule has 0 saturated heterocycles. The van der Waals surface area contributed by atoms with Gasteiger partial charge in [-0.2, -0.15) is 0 Å². The predicted molar refractivity (Wildman–Crippen MR) is 91.9 cm³/mol. The van der Waals surface area contributed by atoms with E-state index in [1.165, 1.54) is 46.5 Å².